The number of sulfonamides is 1. The molecule has 8 heteroatoms. The van der Waals surface area contributed by atoms with Gasteiger partial charge >= 0.3 is 6.03 Å². The summed E-state index contributed by atoms with van der Waals surface area (Å²) in [4.78, 5) is 16.5. The van der Waals surface area contributed by atoms with Gasteiger partial charge in [-0.15, -0.1) is 0 Å². The average molecular weight is 381 g/mol. The molecule has 0 radical (unpaired) electrons. The van der Waals surface area contributed by atoms with E-state index in [1.54, 1.807) is 4.90 Å². The number of hydrogen-bond donors (Lipinski definition) is 1. The number of benzene rings is 1. The standard InChI is InChI=1S/C18H28N4O3S/c1-20-14-16-7-4-3-6-15(16)12-17(20)13-19-18(23)21-8-5-9-22(11-10-21)26(2,24)25/h3-4,6-7,17H,5,8-14H2,1-2H3,(H,19,23). The fraction of sp³-hybridized carbons (Fsp3) is 0.611. The maximum absolute atomic E-state index is 12.5. The van der Waals surface area contributed by atoms with E-state index >= 15 is 0 Å². The van der Waals surface area contributed by atoms with Crippen LogP contribution in [0.2, 0.25) is 0 Å². The molecule has 1 saturated heterocycles. The van der Waals surface area contributed by atoms with Gasteiger partial charge in [0.1, 0.15) is 0 Å². The van der Waals surface area contributed by atoms with Gasteiger partial charge in [-0.25, -0.2) is 17.5 Å². The van der Waals surface area contributed by atoms with Crippen LogP contribution in [0.1, 0.15) is 17.5 Å². The van der Waals surface area contributed by atoms with Crippen LogP contribution in [0.3, 0.4) is 0 Å². The maximum atomic E-state index is 12.5. The van der Waals surface area contributed by atoms with Crippen molar-refractivity contribution in [3.8, 4) is 0 Å². The second kappa shape index (κ2) is 7.94. The Kier molecular flexibility index (Phi) is 5.84. The lowest BCUT2D eigenvalue weighted by Crippen LogP contribution is -2.49. The first-order valence-corrected chi connectivity index (χ1v) is 10.9. The molecule has 2 amide bonds. The van der Waals surface area contributed by atoms with E-state index in [0.717, 1.165) is 13.0 Å². The molecule has 3 rings (SSSR count). The van der Waals surface area contributed by atoms with Crippen molar-refractivity contribution in [3.05, 3.63) is 35.4 Å². The molecule has 1 aromatic rings. The first-order valence-electron chi connectivity index (χ1n) is 9.09. The predicted octanol–water partition coefficient (Wildman–Crippen LogP) is 0.720. The van der Waals surface area contributed by atoms with E-state index in [9.17, 15) is 13.2 Å². The van der Waals surface area contributed by atoms with Crippen molar-refractivity contribution >= 4 is 16.1 Å². The third kappa shape index (κ3) is 4.55. The first-order chi connectivity index (χ1) is 12.3. The zero-order chi connectivity index (χ0) is 18.7. The summed E-state index contributed by atoms with van der Waals surface area (Å²) in [5.74, 6) is 0. The predicted molar refractivity (Wildman–Crippen MR) is 101 cm³/mol. The van der Waals surface area contributed by atoms with E-state index in [4.69, 9.17) is 0 Å². The molecule has 2 aliphatic rings. The third-order valence-corrected chi connectivity index (χ3v) is 6.62. The number of amides is 2. The van der Waals surface area contributed by atoms with Gasteiger partial charge in [-0.05, 0) is 31.0 Å². The Hall–Kier alpha value is -1.64. The van der Waals surface area contributed by atoms with Crippen LogP contribution in [0.4, 0.5) is 4.79 Å². The normalized spacial score (nSPS) is 22.5. The Labute approximate surface area is 156 Å². The van der Waals surface area contributed by atoms with Gasteiger partial charge in [0.2, 0.25) is 10.0 Å². The van der Waals surface area contributed by atoms with Crippen molar-refractivity contribution in [2.75, 3.05) is 46.0 Å². The number of hydrogen-bond acceptors (Lipinski definition) is 4. The minimum absolute atomic E-state index is 0.104. The van der Waals surface area contributed by atoms with Gasteiger partial charge in [0.25, 0.3) is 0 Å². The molecule has 0 saturated carbocycles. The summed E-state index contributed by atoms with van der Waals surface area (Å²) in [6.07, 6.45) is 2.81. The zero-order valence-corrected chi connectivity index (χ0v) is 16.3. The van der Waals surface area contributed by atoms with Gasteiger partial charge in [0.15, 0.2) is 0 Å². The van der Waals surface area contributed by atoms with Crippen LogP contribution in [0, 0.1) is 0 Å². The largest absolute Gasteiger partial charge is 0.336 e. The number of carbonyl (C=O) groups is 1. The lowest BCUT2D eigenvalue weighted by atomic mass is 9.94. The van der Waals surface area contributed by atoms with Gasteiger partial charge < -0.3 is 10.2 Å². The molecule has 144 valence electrons. The maximum Gasteiger partial charge on any atom is 0.317 e. The van der Waals surface area contributed by atoms with Crippen LogP contribution < -0.4 is 5.32 Å². The second-order valence-electron chi connectivity index (χ2n) is 7.23. The highest BCUT2D eigenvalue weighted by atomic mass is 32.2. The van der Waals surface area contributed by atoms with E-state index in [1.807, 2.05) is 0 Å². The zero-order valence-electron chi connectivity index (χ0n) is 15.5. The first kappa shape index (κ1) is 19.1. The summed E-state index contributed by atoms with van der Waals surface area (Å²) in [5.41, 5.74) is 2.70. The van der Waals surface area contributed by atoms with Crippen LogP contribution in [-0.4, -0.2) is 80.6 Å². The summed E-state index contributed by atoms with van der Waals surface area (Å²) < 4.78 is 24.8. The SMILES string of the molecule is CN1Cc2ccccc2CC1CNC(=O)N1CCCN(S(C)(=O)=O)CC1. The van der Waals surface area contributed by atoms with Crippen LogP contribution >= 0.6 is 0 Å². The number of rotatable bonds is 3. The Bertz CT molecular complexity index is 753. The van der Waals surface area contributed by atoms with E-state index in [-0.39, 0.29) is 12.1 Å². The van der Waals surface area contributed by atoms with Gasteiger partial charge in [-0.2, -0.15) is 0 Å². The number of likely N-dealkylation sites (N-methyl/N-ethyl adjacent to an activating group) is 1. The van der Waals surface area contributed by atoms with E-state index in [0.29, 0.717) is 39.1 Å². The Morgan fingerprint density at radius 2 is 1.88 bits per heavy atom. The molecule has 0 bridgehead atoms. The van der Waals surface area contributed by atoms with Crippen molar-refractivity contribution in [2.24, 2.45) is 0 Å². The second-order valence-corrected chi connectivity index (χ2v) is 9.21. The van der Waals surface area contributed by atoms with Gasteiger partial charge in [-0.3, -0.25) is 4.90 Å². The fourth-order valence-electron chi connectivity index (χ4n) is 3.69. The number of nitrogens with zero attached hydrogens (tertiary/aromatic N) is 3. The monoisotopic (exact) mass is 380 g/mol. The molecule has 7 nitrogen and oxygen atoms in total. The number of nitrogens with one attached hydrogen (secondary N) is 1. The van der Waals surface area contributed by atoms with Crippen molar-refractivity contribution in [2.45, 2.75) is 25.4 Å². The minimum Gasteiger partial charge on any atom is -0.336 e. The number of carbonyl (C=O) groups excluding carboxylic acids is 1. The van der Waals surface area contributed by atoms with Gasteiger partial charge in [0.05, 0.1) is 6.26 Å². The highest BCUT2D eigenvalue weighted by molar-refractivity contribution is 7.88. The Morgan fingerprint density at radius 3 is 2.62 bits per heavy atom. The van der Waals surface area contributed by atoms with Crippen LogP contribution in [0.25, 0.3) is 0 Å². The quantitative estimate of drug-likeness (QED) is 0.839. The van der Waals surface area contributed by atoms with E-state index < -0.39 is 10.0 Å². The van der Waals surface area contributed by atoms with Crippen molar-refractivity contribution in [3.63, 3.8) is 0 Å². The molecule has 2 aliphatic heterocycles. The van der Waals surface area contributed by atoms with E-state index in [2.05, 4.69) is 41.5 Å². The molecular formula is C18H28N4O3S. The highest BCUT2D eigenvalue weighted by Crippen LogP contribution is 2.21. The molecule has 1 fully saturated rings. The summed E-state index contributed by atoms with van der Waals surface area (Å²) >= 11 is 0. The summed E-state index contributed by atoms with van der Waals surface area (Å²) in [5, 5.41) is 3.04. The van der Waals surface area contributed by atoms with Crippen molar-refractivity contribution in [1.82, 2.24) is 19.4 Å². The van der Waals surface area contributed by atoms with Crippen LogP contribution in [0.15, 0.2) is 24.3 Å². The highest BCUT2D eigenvalue weighted by Gasteiger charge is 2.26. The minimum atomic E-state index is -3.20. The smallest absolute Gasteiger partial charge is 0.317 e. The molecule has 1 aromatic carbocycles. The van der Waals surface area contributed by atoms with Gasteiger partial charge in [-0.1, -0.05) is 24.3 Å². The Morgan fingerprint density at radius 1 is 1.15 bits per heavy atom. The molecule has 1 unspecified atom stereocenters. The molecule has 26 heavy (non-hydrogen) atoms. The van der Waals surface area contributed by atoms with Crippen LogP contribution in [0.5, 0.6) is 0 Å². The lowest BCUT2D eigenvalue weighted by molar-refractivity contribution is 0.183. The molecule has 1 N–H and O–H groups in total. The average Bonchev–Trinajstić information content (AvgIpc) is 2.86. The lowest BCUT2D eigenvalue weighted by Gasteiger charge is -2.34. The third-order valence-electron chi connectivity index (χ3n) is 5.32. The molecule has 0 aromatic heterocycles. The molecule has 0 aliphatic carbocycles. The summed E-state index contributed by atoms with van der Waals surface area (Å²) in [7, 11) is -1.11. The summed E-state index contributed by atoms with van der Waals surface area (Å²) in [6.45, 7) is 3.34. The fourth-order valence-corrected chi connectivity index (χ4v) is 4.57. The molecular weight excluding hydrogens is 352 g/mol. The van der Waals surface area contributed by atoms with Crippen molar-refractivity contribution in [1.29, 1.82) is 0 Å². The topological polar surface area (TPSA) is 73.0 Å². The molecule has 1 atom stereocenters. The Balaban J connectivity index is 1.53. The van der Waals surface area contributed by atoms with E-state index in [1.165, 1.54) is 21.7 Å². The molecule has 0 spiro atoms. The number of urea groups is 1. The van der Waals surface area contributed by atoms with Crippen LogP contribution in [-0.2, 0) is 23.0 Å². The van der Waals surface area contributed by atoms with Crippen molar-refractivity contribution < 1.29 is 13.2 Å². The van der Waals surface area contributed by atoms with Gasteiger partial charge in [0, 0.05) is 45.3 Å². The summed E-state index contributed by atoms with van der Waals surface area (Å²) in [6, 6.07) is 8.61. The number of fused-ring (bicyclic) bond motifs is 1. The molecule has 2 heterocycles.